The highest BCUT2D eigenvalue weighted by atomic mass is 16.6. The van der Waals surface area contributed by atoms with Crippen molar-refractivity contribution in [1.29, 1.82) is 0 Å². The SMILES string of the molecule is CNC(=O)c1cccc([C@H]2CN(C(=O)OC(C)(C)C)CCN2CC(=O)O)c1. The van der Waals surface area contributed by atoms with Gasteiger partial charge < -0.3 is 20.1 Å². The molecule has 0 aliphatic carbocycles. The molecule has 2 amide bonds. The van der Waals surface area contributed by atoms with Crippen molar-refractivity contribution in [2.24, 2.45) is 0 Å². The zero-order chi connectivity index (χ0) is 20.2. The van der Waals surface area contributed by atoms with Crippen LogP contribution in [0.4, 0.5) is 4.79 Å². The summed E-state index contributed by atoms with van der Waals surface area (Å²) < 4.78 is 5.45. The molecule has 1 fully saturated rings. The van der Waals surface area contributed by atoms with Gasteiger partial charge in [0.05, 0.1) is 12.6 Å². The van der Waals surface area contributed by atoms with Crippen LogP contribution in [0, 0.1) is 0 Å². The van der Waals surface area contributed by atoms with Crippen molar-refractivity contribution in [1.82, 2.24) is 15.1 Å². The molecule has 1 aliphatic rings. The van der Waals surface area contributed by atoms with Gasteiger partial charge in [0.15, 0.2) is 0 Å². The largest absolute Gasteiger partial charge is 0.480 e. The van der Waals surface area contributed by atoms with Crippen LogP contribution in [0.3, 0.4) is 0 Å². The molecule has 1 aromatic carbocycles. The van der Waals surface area contributed by atoms with Crippen molar-refractivity contribution < 1.29 is 24.2 Å². The van der Waals surface area contributed by atoms with Crippen molar-refractivity contribution in [3.05, 3.63) is 35.4 Å². The van der Waals surface area contributed by atoms with E-state index in [2.05, 4.69) is 5.32 Å². The van der Waals surface area contributed by atoms with E-state index in [0.717, 1.165) is 5.56 Å². The van der Waals surface area contributed by atoms with Crippen LogP contribution < -0.4 is 5.32 Å². The van der Waals surface area contributed by atoms with Crippen molar-refractivity contribution in [2.45, 2.75) is 32.4 Å². The van der Waals surface area contributed by atoms with Gasteiger partial charge in [-0.25, -0.2) is 4.79 Å². The molecule has 1 aliphatic heterocycles. The van der Waals surface area contributed by atoms with Crippen molar-refractivity contribution in [3.63, 3.8) is 0 Å². The molecule has 1 heterocycles. The molecule has 8 nitrogen and oxygen atoms in total. The van der Waals surface area contributed by atoms with Crippen LogP contribution in [-0.2, 0) is 9.53 Å². The van der Waals surface area contributed by atoms with Crippen LogP contribution in [0.15, 0.2) is 24.3 Å². The molecule has 0 saturated carbocycles. The van der Waals surface area contributed by atoms with E-state index in [4.69, 9.17) is 4.74 Å². The summed E-state index contributed by atoms with van der Waals surface area (Å²) in [4.78, 5) is 39.0. The molecule has 0 spiro atoms. The van der Waals surface area contributed by atoms with Crippen LogP contribution in [0.1, 0.15) is 42.7 Å². The van der Waals surface area contributed by atoms with E-state index in [9.17, 15) is 19.5 Å². The first-order chi connectivity index (χ1) is 12.6. The summed E-state index contributed by atoms with van der Waals surface area (Å²) in [5.74, 6) is -1.16. The molecule has 8 heteroatoms. The number of hydrogen-bond acceptors (Lipinski definition) is 5. The first-order valence-electron chi connectivity index (χ1n) is 8.86. The highest BCUT2D eigenvalue weighted by Crippen LogP contribution is 2.27. The van der Waals surface area contributed by atoms with Crippen LogP contribution in [-0.4, -0.2) is 71.7 Å². The fourth-order valence-corrected chi connectivity index (χ4v) is 3.02. The average Bonchev–Trinajstić information content (AvgIpc) is 2.59. The Kier molecular flexibility index (Phi) is 6.43. The third-order valence-electron chi connectivity index (χ3n) is 4.24. The number of piperazine rings is 1. The second kappa shape index (κ2) is 8.39. The third kappa shape index (κ3) is 5.68. The molecule has 1 aromatic rings. The van der Waals surface area contributed by atoms with Gasteiger partial charge in [0, 0.05) is 32.2 Å². The van der Waals surface area contributed by atoms with Gasteiger partial charge >= 0.3 is 12.1 Å². The van der Waals surface area contributed by atoms with Gasteiger partial charge in [-0.3, -0.25) is 14.5 Å². The number of carbonyl (C=O) groups excluding carboxylic acids is 2. The smallest absolute Gasteiger partial charge is 0.410 e. The van der Waals surface area contributed by atoms with Crippen LogP contribution in [0.5, 0.6) is 0 Å². The monoisotopic (exact) mass is 377 g/mol. The topological polar surface area (TPSA) is 99.2 Å². The Bertz CT molecular complexity index is 714. The minimum absolute atomic E-state index is 0.142. The predicted molar refractivity (Wildman–Crippen MR) is 99.6 cm³/mol. The number of aliphatic carboxylic acids is 1. The molecule has 0 bridgehead atoms. The number of ether oxygens (including phenoxy) is 1. The second-order valence-corrected chi connectivity index (χ2v) is 7.51. The molecule has 2 rings (SSSR count). The van der Waals surface area contributed by atoms with E-state index in [0.29, 0.717) is 25.2 Å². The number of benzene rings is 1. The van der Waals surface area contributed by atoms with Crippen molar-refractivity contribution >= 4 is 18.0 Å². The number of nitrogens with one attached hydrogen (secondary N) is 1. The fourth-order valence-electron chi connectivity index (χ4n) is 3.02. The van der Waals surface area contributed by atoms with E-state index in [1.165, 1.54) is 0 Å². The molecule has 148 valence electrons. The number of hydrogen-bond donors (Lipinski definition) is 2. The summed E-state index contributed by atoms with van der Waals surface area (Å²) >= 11 is 0. The average molecular weight is 377 g/mol. The Morgan fingerprint density at radius 1 is 1.26 bits per heavy atom. The second-order valence-electron chi connectivity index (χ2n) is 7.51. The Hall–Kier alpha value is -2.61. The van der Waals surface area contributed by atoms with Crippen LogP contribution in [0.25, 0.3) is 0 Å². The van der Waals surface area contributed by atoms with E-state index in [1.54, 1.807) is 55.8 Å². The minimum atomic E-state index is -0.937. The van der Waals surface area contributed by atoms with Crippen LogP contribution >= 0.6 is 0 Å². The van der Waals surface area contributed by atoms with E-state index in [-0.39, 0.29) is 18.5 Å². The van der Waals surface area contributed by atoms with Gasteiger partial charge in [0.2, 0.25) is 0 Å². The number of carbonyl (C=O) groups is 3. The van der Waals surface area contributed by atoms with E-state index < -0.39 is 17.7 Å². The van der Waals surface area contributed by atoms with Crippen molar-refractivity contribution in [3.8, 4) is 0 Å². The van der Waals surface area contributed by atoms with E-state index in [1.807, 2.05) is 6.07 Å². The molecule has 0 unspecified atom stereocenters. The van der Waals surface area contributed by atoms with Gasteiger partial charge in [-0.15, -0.1) is 0 Å². The predicted octanol–water partition coefficient (Wildman–Crippen LogP) is 1.72. The highest BCUT2D eigenvalue weighted by molar-refractivity contribution is 5.94. The van der Waals surface area contributed by atoms with E-state index >= 15 is 0 Å². The summed E-state index contributed by atoms with van der Waals surface area (Å²) in [7, 11) is 1.55. The molecule has 27 heavy (non-hydrogen) atoms. The van der Waals surface area contributed by atoms with Crippen molar-refractivity contribution in [2.75, 3.05) is 33.2 Å². The molecule has 0 aromatic heterocycles. The molecule has 2 N–H and O–H groups in total. The molecule has 0 radical (unpaired) electrons. The third-order valence-corrected chi connectivity index (χ3v) is 4.24. The lowest BCUT2D eigenvalue weighted by atomic mass is 9.99. The lowest BCUT2D eigenvalue weighted by molar-refractivity contribution is -0.139. The maximum atomic E-state index is 12.4. The minimum Gasteiger partial charge on any atom is -0.480 e. The first-order valence-corrected chi connectivity index (χ1v) is 8.86. The van der Waals surface area contributed by atoms with Crippen LogP contribution in [0.2, 0.25) is 0 Å². The zero-order valence-electron chi connectivity index (χ0n) is 16.2. The van der Waals surface area contributed by atoms with Gasteiger partial charge in [-0.05, 0) is 38.5 Å². The highest BCUT2D eigenvalue weighted by Gasteiger charge is 2.33. The lowest BCUT2D eigenvalue weighted by Gasteiger charge is -2.41. The Morgan fingerprint density at radius 3 is 2.56 bits per heavy atom. The lowest BCUT2D eigenvalue weighted by Crippen LogP contribution is -2.52. The number of rotatable bonds is 4. The number of amides is 2. The standard InChI is InChI=1S/C19H27N3O5/c1-19(2,3)27-18(26)22-9-8-21(12-16(23)24)15(11-22)13-6-5-7-14(10-13)17(25)20-4/h5-7,10,15H,8-9,11-12H2,1-4H3,(H,20,25)(H,23,24)/t15-/m1/s1. The van der Waals surface area contributed by atoms with Gasteiger partial charge in [-0.1, -0.05) is 12.1 Å². The quantitative estimate of drug-likeness (QED) is 0.829. The molecular weight excluding hydrogens is 350 g/mol. The number of carboxylic acids is 1. The van der Waals surface area contributed by atoms with Gasteiger partial charge in [0.25, 0.3) is 5.91 Å². The summed E-state index contributed by atoms with van der Waals surface area (Å²) in [5, 5.41) is 11.8. The Morgan fingerprint density at radius 2 is 1.96 bits per heavy atom. The maximum Gasteiger partial charge on any atom is 0.410 e. The fraction of sp³-hybridized carbons (Fsp3) is 0.526. The molecular formula is C19H27N3O5. The number of carboxylic acid groups (broad SMARTS) is 1. The summed E-state index contributed by atoms with van der Waals surface area (Å²) in [6, 6.07) is 6.68. The van der Waals surface area contributed by atoms with Gasteiger partial charge in [0.1, 0.15) is 5.60 Å². The molecule has 1 atom stereocenters. The maximum absolute atomic E-state index is 12.4. The van der Waals surface area contributed by atoms with Gasteiger partial charge in [-0.2, -0.15) is 0 Å². The normalized spacial score (nSPS) is 18.1. The Labute approximate surface area is 159 Å². The summed E-state index contributed by atoms with van der Waals surface area (Å²) in [6.07, 6.45) is -0.426. The Balaban J connectivity index is 2.27. The summed E-state index contributed by atoms with van der Waals surface area (Å²) in [6.45, 7) is 6.34. The first kappa shape index (κ1) is 20.7. The molecule has 1 saturated heterocycles. The summed E-state index contributed by atoms with van der Waals surface area (Å²) in [5.41, 5.74) is 0.662. The number of nitrogens with zero attached hydrogens (tertiary/aromatic N) is 2. The zero-order valence-corrected chi connectivity index (χ0v) is 16.2.